The second-order valence-corrected chi connectivity index (χ2v) is 4.00. The van der Waals surface area contributed by atoms with E-state index in [0.717, 1.165) is 18.7 Å². The zero-order valence-electron chi connectivity index (χ0n) is 9.27. The summed E-state index contributed by atoms with van der Waals surface area (Å²) in [5.41, 5.74) is 0.523. The average molecular weight is 240 g/mol. The number of ether oxygens (including phenoxy) is 1. The minimum absolute atomic E-state index is 0.0136. The summed E-state index contributed by atoms with van der Waals surface area (Å²) in [5, 5.41) is 21.1. The van der Waals surface area contributed by atoms with Crippen LogP contribution in [0.3, 0.4) is 0 Å². The number of morpholine rings is 1. The van der Waals surface area contributed by atoms with Gasteiger partial charge in [-0.2, -0.15) is 4.39 Å². The molecule has 2 rings (SSSR count). The number of hydrogen-bond acceptors (Lipinski definition) is 5. The zero-order chi connectivity index (χ0) is 12.3. The third-order valence-corrected chi connectivity index (χ3v) is 2.67. The van der Waals surface area contributed by atoms with Crippen molar-refractivity contribution >= 4 is 12.6 Å². The lowest BCUT2D eigenvalue weighted by Gasteiger charge is -2.23. The van der Waals surface area contributed by atoms with Crippen molar-refractivity contribution in [1.29, 1.82) is 0 Å². The maximum Gasteiger partial charge on any atom is 0.493 e. The summed E-state index contributed by atoms with van der Waals surface area (Å²) < 4.78 is 18.6. The van der Waals surface area contributed by atoms with Crippen LogP contribution >= 0.6 is 0 Å². The topological polar surface area (TPSA) is 74.6 Å². The Labute approximate surface area is 98.8 Å². The van der Waals surface area contributed by atoms with Gasteiger partial charge in [-0.05, 0) is 5.56 Å². The Bertz CT molecular complexity index is 386. The lowest BCUT2D eigenvalue weighted by Crippen LogP contribution is -2.40. The first-order chi connectivity index (χ1) is 8.16. The molecular formula is C10H14BFN2O3. The number of rotatable bonds is 3. The van der Waals surface area contributed by atoms with Crippen molar-refractivity contribution in [2.45, 2.75) is 12.5 Å². The highest BCUT2D eigenvalue weighted by atomic mass is 19.1. The van der Waals surface area contributed by atoms with Gasteiger partial charge in [-0.3, -0.25) is 0 Å². The van der Waals surface area contributed by atoms with Crippen molar-refractivity contribution in [3.05, 3.63) is 23.8 Å². The van der Waals surface area contributed by atoms with Crippen LogP contribution in [0.1, 0.15) is 5.56 Å². The Kier molecular flexibility index (Phi) is 4.06. The largest absolute Gasteiger partial charge is 0.493 e. The van der Waals surface area contributed by atoms with Crippen molar-refractivity contribution in [2.75, 3.05) is 19.7 Å². The van der Waals surface area contributed by atoms with Crippen molar-refractivity contribution in [3.63, 3.8) is 0 Å². The molecule has 3 N–H and O–H groups in total. The third kappa shape index (κ3) is 3.23. The summed E-state index contributed by atoms with van der Waals surface area (Å²) in [6, 6.07) is 1.41. The molecule has 1 aliphatic rings. The fourth-order valence-corrected chi connectivity index (χ4v) is 1.82. The first-order valence-corrected chi connectivity index (χ1v) is 5.49. The molecule has 1 aromatic rings. The molecule has 92 valence electrons. The van der Waals surface area contributed by atoms with Gasteiger partial charge in [0.05, 0.1) is 12.7 Å². The summed E-state index contributed by atoms with van der Waals surface area (Å²) in [6.45, 7) is 2.21. The van der Waals surface area contributed by atoms with Gasteiger partial charge in [-0.25, -0.2) is 4.98 Å². The van der Waals surface area contributed by atoms with Crippen LogP contribution in [-0.2, 0) is 11.2 Å². The van der Waals surface area contributed by atoms with E-state index < -0.39 is 13.1 Å². The number of hydrogen-bond donors (Lipinski definition) is 3. The van der Waals surface area contributed by atoms with Crippen LogP contribution in [0.15, 0.2) is 12.3 Å². The number of aromatic nitrogens is 1. The predicted molar refractivity (Wildman–Crippen MR) is 60.3 cm³/mol. The van der Waals surface area contributed by atoms with E-state index in [1.54, 1.807) is 0 Å². The molecule has 1 aromatic heterocycles. The van der Waals surface area contributed by atoms with Crippen molar-refractivity contribution in [2.24, 2.45) is 0 Å². The van der Waals surface area contributed by atoms with E-state index in [1.807, 2.05) is 0 Å². The molecule has 1 aliphatic heterocycles. The van der Waals surface area contributed by atoms with Crippen LogP contribution in [-0.4, -0.2) is 48.0 Å². The summed E-state index contributed by atoms with van der Waals surface area (Å²) in [4.78, 5) is 3.50. The molecule has 0 radical (unpaired) electrons. The Morgan fingerprint density at radius 1 is 1.59 bits per heavy atom. The van der Waals surface area contributed by atoms with E-state index in [0.29, 0.717) is 13.0 Å². The lowest BCUT2D eigenvalue weighted by molar-refractivity contribution is 0.0292. The standard InChI is InChI=1S/C10H14BFN2O3/c12-10-9(11(15)16)4-7(5-14-10)3-8-6-13-1-2-17-8/h4-5,8,13,15-16H,1-3,6H2. The van der Waals surface area contributed by atoms with Gasteiger partial charge in [0.25, 0.3) is 0 Å². The van der Waals surface area contributed by atoms with Crippen molar-refractivity contribution in [1.82, 2.24) is 10.3 Å². The Morgan fingerprint density at radius 3 is 3.06 bits per heavy atom. The average Bonchev–Trinajstić information content (AvgIpc) is 2.32. The molecule has 1 fully saturated rings. The Balaban J connectivity index is 2.07. The number of pyridine rings is 1. The van der Waals surface area contributed by atoms with Gasteiger partial charge in [-0.1, -0.05) is 6.07 Å². The van der Waals surface area contributed by atoms with Crippen molar-refractivity contribution < 1.29 is 19.2 Å². The minimum Gasteiger partial charge on any atom is -0.423 e. The predicted octanol–water partition coefficient (Wildman–Crippen LogP) is -1.57. The smallest absolute Gasteiger partial charge is 0.423 e. The highest BCUT2D eigenvalue weighted by Crippen LogP contribution is 2.06. The summed E-state index contributed by atoms with van der Waals surface area (Å²) in [6.07, 6.45) is 1.97. The van der Waals surface area contributed by atoms with Gasteiger partial charge in [-0.15, -0.1) is 0 Å². The van der Waals surface area contributed by atoms with Crippen molar-refractivity contribution in [3.8, 4) is 0 Å². The summed E-state index contributed by atoms with van der Waals surface area (Å²) in [7, 11) is -1.84. The Morgan fingerprint density at radius 2 is 2.41 bits per heavy atom. The molecule has 2 heterocycles. The normalized spacial score (nSPS) is 20.3. The maximum atomic E-state index is 13.1. The second-order valence-electron chi connectivity index (χ2n) is 4.00. The van der Waals surface area contributed by atoms with E-state index in [9.17, 15) is 4.39 Å². The van der Waals surface area contributed by atoms with Gasteiger partial charge >= 0.3 is 7.12 Å². The molecule has 1 unspecified atom stereocenters. The molecule has 0 bridgehead atoms. The van der Waals surface area contributed by atoms with E-state index in [-0.39, 0.29) is 11.6 Å². The van der Waals surface area contributed by atoms with Gasteiger partial charge in [0.2, 0.25) is 5.95 Å². The summed E-state index contributed by atoms with van der Waals surface area (Å²) >= 11 is 0. The molecule has 0 spiro atoms. The molecule has 7 heteroatoms. The first kappa shape index (κ1) is 12.4. The van der Waals surface area contributed by atoms with E-state index >= 15 is 0 Å². The lowest BCUT2D eigenvalue weighted by atomic mass is 9.80. The van der Waals surface area contributed by atoms with Gasteiger partial charge in [0.15, 0.2) is 0 Å². The monoisotopic (exact) mass is 240 g/mol. The summed E-state index contributed by atoms with van der Waals surface area (Å²) in [5.74, 6) is -0.855. The number of nitrogens with zero attached hydrogens (tertiary/aromatic N) is 1. The van der Waals surface area contributed by atoms with Gasteiger partial charge in [0, 0.05) is 31.2 Å². The fourth-order valence-electron chi connectivity index (χ4n) is 1.82. The Hall–Kier alpha value is -1.02. The van der Waals surface area contributed by atoms with E-state index in [2.05, 4.69) is 10.3 Å². The fraction of sp³-hybridized carbons (Fsp3) is 0.500. The zero-order valence-corrected chi connectivity index (χ0v) is 9.27. The molecular weight excluding hydrogens is 226 g/mol. The molecule has 1 atom stereocenters. The van der Waals surface area contributed by atoms with Crippen LogP contribution in [0.2, 0.25) is 0 Å². The highest BCUT2D eigenvalue weighted by Gasteiger charge is 2.20. The van der Waals surface area contributed by atoms with Gasteiger partial charge < -0.3 is 20.1 Å². The SMILES string of the molecule is OB(O)c1cc(CC2CNCCO2)cnc1F. The molecule has 0 aliphatic carbocycles. The molecule has 17 heavy (non-hydrogen) atoms. The van der Waals surface area contributed by atoms with E-state index in [4.69, 9.17) is 14.8 Å². The van der Waals surface area contributed by atoms with E-state index in [1.165, 1.54) is 12.3 Å². The van der Waals surface area contributed by atoms with Crippen LogP contribution in [0.5, 0.6) is 0 Å². The molecule has 5 nitrogen and oxygen atoms in total. The minimum atomic E-state index is -1.84. The molecule has 1 saturated heterocycles. The van der Waals surface area contributed by atoms with Gasteiger partial charge in [0.1, 0.15) is 0 Å². The molecule has 0 amide bonds. The first-order valence-electron chi connectivity index (χ1n) is 5.49. The second kappa shape index (κ2) is 5.55. The third-order valence-electron chi connectivity index (χ3n) is 2.67. The van der Waals surface area contributed by atoms with Crippen LogP contribution in [0, 0.1) is 5.95 Å². The highest BCUT2D eigenvalue weighted by molar-refractivity contribution is 6.58. The number of nitrogens with one attached hydrogen (secondary N) is 1. The molecule has 0 saturated carbocycles. The number of halogens is 1. The van der Waals surface area contributed by atoms with Crippen LogP contribution < -0.4 is 10.8 Å². The molecule has 0 aromatic carbocycles. The quantitative estimate of drug-likeness (QED) is 0.439. The van der Waals surface area contributed by atoms with Crippen LogP contribution in [0.4, 0.5) is 4.39 Å². The van der Waals surface area contributed by atoms with Crippen LogP contribution in [0.25, 0.3) is 0 Å². The maximum absolute atomic E-state index is 13.1.